The first-order valence-electron chi connectivity index (χ1n) is 9.77. The summed E-state index contributed by atoms with van der Waals surface area (Å²) >= 11 is 0. The zero-order chi connectivity index (χ0) is 17.6. The van der Waals surface area contributed by atoms with Gasteiger partial charge >= 0.3 is 0 Å². The molecule has 4 heteroatoms. The van der Waals surface area contributed by atoms with Crippen molar-refractivity contribution in [2.24, 2.45) is 23.2 Å². The fourth-order valence-corrected chi connectivity index (χ4v) is 14.1. The number of hydrogen-bond donors (Lipinski definition) is 0. The van der Waals surface area contributed by atoms with Crippen molar-refractivity contribution in [2.45, 2.75) is 61.0 Å². The van der Waals surface area contributed by atoms with Crippen LogP contribution < -0.4 is 0 Å². The second-order valence-electron chi connectivity index (χ2n) is 9.91. The Morgan fingerprint density at radius 1 is 1.08 bits per heavy atom. The summed E-state index contributed by atoms with van der Waals surface area (Å²) in [5.41, 5.74) is 1.90. The molecule has 0 radical (unpaired) electrons. The Morgan fingerprint density at radius 3 is 2.48 bits per heavy atom. The summed E-state index contributed by atoms with van der Waals surface area (Å²) in [7, 11) is -4.89. The van der Waals surface area contributed by atoms with Crippen LogP contribution in [0.3, 0.4) is 0 Å². The van der Waals surface area contributed by atoms with Gasteiger partial charge in [-0.15, -0.1) is 0 Å². The highest BCUT2D eigenvalue weighted by Gasteiger charge is 2.72. The lowest BCUT2D eigenvalue weighted by Gasteiger charge is -2.46. The number of allylic oxidation sites excluding steroid dienone is 2. The van der Waals surface area contributed by atoms with E-state index in [9.17, 15) is 8.42 Å². The van der Waals surface area contributed by atoms with Crippen molar-refractivity contribution in [1.29, 1.82) is 0 Å². The molecule has 0 aliphatic heterocycles. The standard InChI is InChI=1S/C21H28O2SSi/c1-25(2,3)19-15-12-18-14-9-10-16(11-14)21(18,13-15)20(19)24(22,23)17-7-5-4-6-8-17/h4-8,12,14-16,19-20H,9-11,13H2,1-3H3/t14-,15-,16-,19+,20-,21+/m0/s1. The maximum atomic E-state index is 13.9. The summed E-state index contributed by atoms with van der Waals surface area (Å²) in [5.74, 6) is 1.80. The maximum Gasteiger partial charge on any atom is 0.182 e. The van der Waals surface area contributed by atoms with Gasteiger partial charge < -0.3 is 0 Å². The van der Waals surface area contributed by atoms with Crippen LogP contribution in [0.2, 0.25) is 25.2 Å². The summed E-state index contributed by atoms with van der Waals surface area (Å²) in [4.78, 5) is 0.548. The van der Waals surface area contributed by atoms with Crippen LogP contribution in [0.25, 0.3) is 0 Å². The molecular formula is C21H28O2SSi. The van der Waals surface area contributed by atoms with Crippen LogP contribution in [0.15, 0.2) is 46.9 Å². The third kappa shape index (κ3) is 1.93. The zero-order valence-corrected chi connectivity index (χ0v) is 17.2. The number of hydrogen-bond acceptors (Lipinski definition) is 2. The monoisotopic (exact) mass is 372 g/mol. The second-order valence-corrected chi connectivity index (χ2v) is 17.4. The quantitative estimate of drug-likeness (QED) is 0.558. The molecule has 6 atom stereocenters. The number of fused-ring (bicyclic) bond motifs is 4. The highest BCUT2D eigenvalue weighted by molar-refractivity contribution is 7.92. The van der Waals surface area contributed by atoms with E-state index in [1.165, 1.54) is 19.3 Å². The molecule has 1 spiro atoms. The van der Waals surface area contributed by atoms with Crippen LogP contribution in [0.4, 0.5) is 0 Å². The van der Waals surface area contributed by atoms with Crippen molar-refractivity contribution in [2.75, 3.05) is 0 Å². The molecule has 0 N–H and O–H groups in total. The van der Waals surface area contributed by atoms with E-state index in [1.54, 1.807) is 5.57 Å². The van der Waals surface area contributed by atoms with Gasteiger partial charge in [-0.3, -0.25) is 0 Å². The van der Waals surface area contributed by atoms with E-state index in [4.69, 9.17) is 0 Å². The maximum absolute atomic E-state index is 13.9. The average molecular weight is 373 g/mol. The third-order valence-corrected chi connectivity index (χ3v) is 13.1. The van der Waals surface area contributed by atoms with Gasteiger partial charge in [0.25, 0.3) is 0 Å². The van der Waals surface area contributed by atoms with Crippen molar-refractivity contribution in [3.63, 3.8) is 0 Å². The van der Waals surface area contributed by atoms with Gasteiger partial charge in [0.05, 0.1) is 10.1 Å². The Bertz CT molecular complexity index is 852. The molecule has 2 nitrogen and oxygen atoms in total. The molecular weight excluding hydrogens is 344 g/mol. The summed E-state index contributed by atoms with van der Waals surface area (Å²) in [6.07, 6.45) is 7.46. The molecule has 4 aliphatic carbocycles. The van der Waals surface area contributed by atoms with Crippen LogP contribution in [0.5, 0.6) is 0 Å². The van der Waals surface area contributed by atoms with Gasteiger partial charge in [0, 0.05) is 13.5 Å². The van der Waals surface area contributed by atoms with Crippen LogP contribution >= 0.6 is 0 Å². The molecule has 0 saturated heterocycles. The van der Waals surface area contributed by atoms with E-state index in [1.807, 2.05) is 30.3 Å². The Hall–Kier alpha value is -0.873. The summed E-state index contributed by atoms with van der Waals surface area (Å²) < 4.78 is 27.8. The summed E-state index contributed by atoms with van der Waals surface area (Å²) in [6.45, 7) is 7.13. The Kier molecular flexibility index (Phi) is 3.19. The van der Waals surface area contributed by atoms with E-state index < -0.39 is 17.9 Å². The van der Waals surface area contributed by atoms with Gasteiger partial charge in [0.1, 0.15) is 0 Å². The van der Waals surface area contributed by atoms with Crippen molar-refractivity contribution in [3.05, 3.63) is 42.0 Å². The molecule has 3 fully saturated rings. The van der Waals surface area contributed by atoms with E-state index in [0.717, 1.165) is 6.42 Å². The largest absolute Gasteiger partial charge is 0.223 e. The minimum Gasteiger partial charge on any atom is -0.223 e. The minimum absolute atomic E-state index is 0.0206. The zero-order valence-electron chi connectivity index (χ0n) is 15.4. The lowest BCUT2D eigenvalue weighted by atomic mass is 9.69. The van der Waals surface area contributed by atoms with Gasteiger partial charge in [-0.2, -0.15) is 0 Å². The predicted octanol–water partition coefficient (Wildman–Crippen LogP) is 4.91. The normalized spacial score (nSPS) is 41.9. The highest BCUT2D eigenvalue weighted by Crippen LogP contribution is 2.75. The highest BCUT2D eigenvalue weighted by atomic mass is 32.2. The fraction of sp³-hybridized carbons (Fsp3) is 0.619. The van der Waals surface area contributed by atoms with E-state index >= 15 is 0 Å². The molecule has 4 bridgehead atoms. The first kappa shape index (κ1) is 16.3. The van der Waals surface area contributed by atoms with Gasteiger partial charge in [0.15, 0.2) is 9.84 Å². The number of sulfone groups is 1. The van der Waals surface area contributed by atoms with Crippen molar-refractivity contribution in [1.82, 2.24) is 0 Å². The molecule has 5 rings (SSSR count). The molecule has 25 heavy (non-hydrogen) atoms. The smallest absolute Gasteiger partial charge is 0.182 e. The van der Waals surface area contributed by atoms with Crippen molar-refractivity contribution >= 4 is 17.9 Å². The van der Waals surface area contributed by atoms with Crippen LogP contribution in [-0.4, -0.2) is 21.7 Å². The topological polar surface area (TPSA) is 34.1 Å². The summed E-state index contributed by atoms with van der Waals surface area (Å²) in [5, 5.41) is -0.172. The SMILES string of the molecule is C[Si](C)(C)[C@@H]1[C@H]2C=C3[C@H]4CC[C@@H](C4)[C@@]3(C2)[C@H]1S(=O)(=O)c1ccccc1. The summed E-state index contributed by atoms with van der Waals surface area (Å²) in [6, 6.07) is 9.29. The molecule has 0 unspecified atom stereocenters. The molecule has 3 saturated carbocycles. The molecule has 4 aliphatic rings. The lowest BCUT2D eigenvalue weighted by Crippen LogP contribution is -2.49. The van der Waals surface area contributed by atoms with Crippen molar-refractivity contribution < 1.29 is 8.42 Å². The molecule has 1 aromatic rings. The molecule has 0 aromatic heterocycles. The first-order valence-corrected chi connectivity index (χ1v) is 14.9. The second kappa shape index (κ2) is 4.89. The van der Waals surface area contributed by atoms with Crippen LogP contribution in [-0.2, 0) is 9.84 Å². The molecule has 0 amide bonds. The van der Waals surface area contributed by atoms with Crippen molar-refractivity contribution in [3.8, 4) is 0 Å². The van der Waals surface area contributed by atoms with E-state index in [2.05, 4.69) is 25.7 Å². The van der Waals surface area contributed by atoms with Gasteiger partial charge in [-0.05, 0) is 61.1 Å². The van der Waals surface area contributed by atoms with Gasteiger partial charge in [-0.25, -0.2) is 8.42 Å². The van der Waals surface area contributed by atoms with E-state index in [-0.39, 0.29) is 10.7 Å². The molecule has 1 aromatic carbocycles. The fourth-order valence-electron chi connectivity index (χ4n) is 7.21. The van der Waals surface area contributed by atoms with Crippen LogP contribution in [0, 0.1) is 23.2 Å². The van der Waals surface area contributed by atoms with Gasteiger partial charge in [0.2, 0.25) is 0 Å². The Morgan fingerprint density at radius 2 is 1.80 bits per heavy atom. The number of benzene rings is 1. The first-order chi connectivity index (χ1) is 11.8. The molecule has 0 heterocycles. The average Bonchev–Trinajstić information content (AvgIpc) is 3.29. The Balaban J connectivity index is 1.72. The lowest BCUT2D eigenvalue weighted by molar-refractivity contribution is 0.245. The minimum atomic E-state index is -3.29. The van der Waals surface area contributed by atoms with Crippen LogP contribution in [0.1, 0.15) is 25.7 Å². The number of rotatable bonds is 3. The van der Waals surface area contributed by atoms with Gasteiger partial charge in [-0.1, -0.05) is 49.5 Å². The molecule has 134 valence electrons. The third-order valence-electron chi connectivity index (χ3n) is 7.81. The Labute approximate surface area is 152 Å². The predicted molar refractivity (Wildman–Crippen MR) is 104 cm³/mol. The van der Waals surface area contributed by atoms with E-state index in [0.29, 0.717) is 28.2 Å².